The maximum atomic E-state index is 12.0. The molecule has 2 rings (SSSR count). The average Bonchev–Trinajstić information content (AvgIpc) is 2.66. The van der Waals surface area contributed by atoms with Crippen LogP contribution in [0, 0.1) is 0 Å². The summed E-state index contributed by atoms with van der Waals surface area (Å²) in [5.41, 5.74) is 1.44. The Kier molecular flexibility index (Phi) is 7.88. The number of aliphatic hydroxyl groups excluding tert-OH is 1. The van der Waals surface area contributed by atoms with Crippen LogP contribution in [-0.4, -0.2) is 30.4 Å². The van der Waals surface area contributed by atoms with E-state index in [1.807, 2.05) is 69.3 Å². The molecule has 0 saturated heterocycles. The molecule has 5 nitrogen and oxygen atoms in total. The fourth-order valence-electron chi connectivity index (χ4n) is 2.84. The fourth-order valence-corrected chi connectivity index (χ4v) is 2.84. The molecular weight excluding hydrogens is 356 g/mol. The van der Waals surface area contributed by atoms with E-state index in [4.69, 9.17) is 14.2 Å². The minimum atomic E-state index is -0.510. The molecule has 0 saturated carbocycles. The monoisotopic (exact) mass is 386 g/mol. The van der Waals surface area contributed by atoms with Gasteiger partial charge in [-0.05, 0) is 50.5 Å². The van der Waals surface area contributed by atoms with Crippen LogP contribution >= 0.6 is 0 Å². The summed E-state index contributed by atoms with van der Waals surface area (Å²) in [5, 5.41) is 9.83. The van der Waals surface area contributed by atoms with E-state index in [0.29, 0.717) is 24.5 Å². The molecule has 5 heteroatoms. The molecule has 0 aromatic heterocycles. The van der Waals surface area contributed by atoms with E-state index >= 15 is 0 Å². The van der Waals surface area contributed by atoms with Crippen molar-refractivity contribution in [1.82, 2.24) is 0 Å². The van der Waals surface area contributed by atoms with Crippen molar-refractivity contribution in [3.8, 4) is 11.5 Å². The summed E-state index contributed by atoms with van der Waals surface area (Å²) < 4.78 is 16.7. The Morgan fingerprint density at radius 2 is 1.79 bits per heavy atom. The second kappa shape index (κ2) is 10.1. The lowest BCUT2D eigenvalue weighted by Gasteiger charge is -2.21. The highest BCUT2D eigenvalue weighted by Crippen LogP contribution is 2.33. The van der Waals surface area contributed by atoms with Gasteiger partial charge in [-0.3, -0.25) is 4.79 Å². The van der Waals surface area contributed by atoms with Crippen molar-refractivity contribution >= 4 is 5.97 Å². The predicted molar refractivity (Wildman–Crippen MR) is 109 cm³/mol. The van der Waals surface area contributed by atoms with Gasteiger partial charge < -0.3 is 19.3 Å². The van der Waals surface area contributed by atoms with Crippen molar-refractivity contribution in [2.45, 2.75) is 51.7 Å². The summed E-state index contributed by atoms with van der Waals surface area (Å²) in [5.74, 6) is 0.792. The minimum absolute atomic E-state index is 0.0623. The van der Waals surface area contributed by atoms with E-state index in [0.717, 1.165) is 11.1 Å². The van der Waals surface area contributed by atoms with Gasteiger partial charge in [0.1, 0.15) is 12.2 Å². The number of ether oxygens (including phenoxy) is 3. The van der Waals surface area contributed by atoms with Crippen LogP contribution in [0.25, 0.3) is 0 Å². The van der Waals surface area contributed by atoms with Gasteiger partial charge in [0, 0.05) is 18.9 Å². The summed E-state index contributed by atoms with van der Waals surface area (Å²) in [6.07, 6.45) is 0.741. The first-order valence-corrected chi connectivity index (χ1v) is 9.49. The van der Waals surface area contributed by atoms with Crippen LogP contribution in [0.4, 0.5) is 0 Å². The first-order valence-electron chi connectivity index (χ1n) is 9.49. The Balaban J connectivity index is 2.07. The normalized spacial score (nSPS) is 12.3. The lowest BCUT2D eigenvalue weighted by molar-refractivity contribution is -0.155. The average molecular weight is 386 g/mol. The standard InChI is InChI=1S/C23H30O5/c1-23(2,3)28-22(25)13-11-19(15-24)18-10-12-20(26-4)21(14-18)27-16-17-8-6-5-7-9-17/h5-10,12,14,19,24H,11,13,15-16H2,1-4H3/t19-/m1/s1. The van der Waals surface area contributed by atoms with E-state index in [1.165, 1.54) is 0 Å². The molecule has 0 heterocycles. The lowest BCUT2D eigenvalue weighted by atomic mass is 9.94. The van der Waals surface area contributed by atoms with Crippen LogP contribution in [0.1, 0.15) is 50.7 Å². The first kappa shape index (κ1) is 21.8. The summed E-state index contributed by atoms with van der Waals surface area (Å²) >= 11 is 0. The van der Waals surface area contributed by atoms with Crippen LogP contribution in [0.15, 0.2) is 48.5 Å². The third kappa shape index (κ3) is 6.89. The predicted octanol–water partition coefficient (Wildman–Crippen LogP) is 4.47. The number of aliphatic hydroxyl groups is 1. The highest BCUT2D eigenvalue weighted by atomic mass is 16.6. The minimum Gasteiger partial charge on any atom is -0.493 e. The summed E-state index contributed by atoms with van der Waals surface area (Å²) in [7, 11) is 1.59. The van der Waals surface area contributed by atoms with Crippen LogP contribution in [0.2, 0.25) is 0 Å². The van der Waals surface area contributed by atoms with Crippen molar-refractivity contribution in [2.24, 2.45) is 0 Å². The summed E-state index contributed by atoms with van der Waals surface area (Å²) in [6.45, 7) is 5.88. The van der Waals surface area contributed by atoms with Crippen molar-refractivity contribution in [2.75, 3.05) is 13.7 Å². The molecular formula is C23H30O5. The van der Waals surface area contributed by atoms with Gasteiger partial charge in [-0.1, -0.05) is 36.4 Å². The van der Waals surface area contributed by atoms with E-state index in [1.54, 1.807) is 7.11 Å². The number of esters is 1. The fraction of sp³-hybridized carbons (Fsp3) is 0.435. The Labute approximate surface area is 167 Å². The molecule has 0 radical (unpaired) electrons. The van der Waals surface area contributed by atoms with Gasteiger partial charge in [0.05, 0.1) is 7.11 Å². The summed E-state index contributed by atoms with van der Waals surface area (Å²) in [4.78, 5) is 12.0. The largest absolute Gasteiger partial charge is 0.493 e. The second-order valence-electron chi connectivity index (χ2n) is 7.69. The van der Waals surface area contributed by atoms with Crippen molar-refractivity contribution in [3.63, 3.8) is 0 Å². The maximum absolute atomic E-state index is 12.0. The molecule has 0 aliphatic rings. The molecule has 0 aliphatic carbocycles. The van der Waals surface area contributed by atoms with Gasteiger partial charge in [0.15, 0.2) is 11.5 Å². The van der Waals surface area contributed by atoms with E-state index < -0.39 is 5.60 Å². The maximum Gasteiger partial charge on any atom is 0.306 e. The van der Waals surface area contributed by atoms with E-state index in [-0.39, 0.29) is 24.9 Å². The molecule has 0 bridgehead atoms. The number of rotatable bonds is 9. The number of hydrogen-bond acceptors (Lipinski definition) is 5. The topological polar surface area (TPSA) is 65.0 Å². The number of carbonyl (C=O) groups is 1. The molecule has 0 amide bonds. The molecule has 1 atom stereocenters. The molecule has 0 unspecified atom stereocenters. The molecule has 152 valence electrons. The number of methoxy groups -OCH3 is 1. The van der Waals surface area contributed by atoms with Gasteiger partial charge >= 0.3 is 5.97 Å². The first-order chi connectivity index (χ1) is 13.3. The smallest absolute Gasteiger partial charge is 0.306 e. The van der Waals surface area contributed by atoms with Gasteiger partial charge in [-0.15, -0.1) is 0 Å². The van der Waals surface area contributed by atoms with E-state index in [9.17, 15) is 9.90 Å². The molecule has 2 aromatic carbocycles. The zero-order valence-electron chi connectivity index (χ0n) is 17.1. The lowest BCUT2D eigenvalue weighted by Crippen LogP contribution is -2.24. The Morgan fingerprint density at radius 1 is 1.07 bits per heavy atom. The third-order valence-electron chi connectivity index (χ3n) is 4.23. The van der Waals surface area contributed by atoms with Gasteiger partial charge in [0.2, 0.25) is 0 Å². The molecule has 2 aromatic rings. The molecule has 0 spiro atoms. The van der Waals surface area contributed by atoms with Crippen molar-refractivity contribution < 1.29 is 24.1 Å². The molecule has 0 fully saturated rings. The van der Waals surface area contributed by atoms with Crippen LogP contribution in [0.3, 0.4) is 0 Å². The van der Waals surface area contributed by atoms with Crippen LogP contribution < -0.4 is 9.47 Å². The highest BCUT2D eigenvalue weighted by Gasteiger charge is 2.19. The second-order valence-corrected chi connectivity index (χ2v) is 7.69. The van der Waals surface area contributed by atoms with Gasteiger partial charge in [-0.2, -0.15) is 0 Å². The van der Waals surface area contributed by atoms with Crippen molar-refractivity contribution in [1.29, 1.82) is 0 Å². The molecule has 1 N–H and O–H groups in total. The highest BCUT2D eigenvalue weighted by molar-refractivity contribution is 5.69. The number of carbonyl (C=O) groups excluding carboxylic acids is 1. The Bertz CT molecular complexity index is 749. The quantitative estimate of drug-likeness (QED) is 0.644. The van der Waals surface area contributed by atoms with Crippen LogP contribution in [-0.2, 0) is 16.1 Å². The van der Waals surface area contributed by atoms with Gasteiger partial charge in [-0.25, -0.2) is 0 Å². The van der Waals surface area contributed by atoms with Gasteiger partial charge in [0.25, 0.3) is 0 Å². The number of hydrogen-bond donors (Lipinski definition) is 1. The Morgan fingerprint density at radius 3 is 2.39 bits per heavy atom. The SMILES string of the molecule is COc1ccc([C@@H](CO)CCC(=O)OC(C)(C)C)cc1OCc1ccccc1. The molecule has 28 heavy (non-hydrogen) atoms. The number of benzene rings is 2. The van der Waals surface area contributed by atoms with Crippen LogP contribution in [0.5, 0.6) is 11.5 Å². The zero-order chi connectivity index (χ0) is 20.6. The third-order valence-corrected chi connectivity index (χ3v) is 4.23. The van der Waals surface area contributed by atoms with E-state index in [2.05, 4.69) is 0 Å². The Hall–Kier alpha value is -2.53. The zero-order valence-corrected chi connectivity index (χ0v) is 17.1. The summed E-state index contributed by atoms with van der Waals surface area (Å²) in [6, 6.07) is 15.5. The molecule has 0 aliphatic heterocycles. The van der Waals surface area contributed by atoms with Crippen molar-refractivity contribution in [3.05, 3.63) is 59.7 Å².